The van der Waals surface area contributed by atoms with E-state index in [9.17, 15) is 9.90 Å². The van der Waals surface area contributed by atoms with E-state index in [-0.39, 0.29) is 11.1 Å². The van der Waals surface area contributed by atoms with Crippen LogP contribution < -0.4 is 5.32 Å². The van der Waals surface area contributed by atoms with Crippen LogP contribution in [-0.4, -0.2) is 56.1 Å². The first-order chi connectivity index (χ1) is 11.6. The summed E-state index contributed by atoms with van der Waals surface area (Å²) in [6.07, 6.45) is 0.226. The van der Waals surface area contributed by atoms with Crippen LogP contribution >= 0.6 is 0 Å². The summed E-state index contributed by atoms with van der Waals surface area (Å²) in [7, 11) is -2.07. The highest BCUT2D eigenvalue weighted by Crippen LogP contribution is 2.42. The molecule has 1 fully saturated rings. The topological polar surface area (TPSA) is 77.0 Å². The number of aliphatic hydroxyl groups excluding tert-OH is 1. The van der Waals surface area contributed by atoms with E-state index in [0.717, 1.165) is 0 Å². The van der Waals surface area contributed by atoms with Gasteiger partial charge >= 0.3 is 6.09 Å². The summed E-state index contributed by atoms with van der Waals surface area (Å²) in [4.78, 5) is 11.9. The Labute approximate surface area is 160 Å². The highest BCUT2D eigenvalue weighted by molar-refractivity contribution is 6.74. The molecule has 0 spiro atoms. The molecule has 1 heterocycles. The summed E-state index contributed by atoms with van der Waals surface area (Å²) in [5, 5.41) is 13.5. The average molecular weight is 390 g/mol. The Bertz CT molecular complexity index is 483. The van der Waals surface area contributed by atoms with Gasteiger partial charge in [0.05, 0.1) is 13.2 Å². The number of hydrogen-bond donors (Lipinski definition) is 2. The lowest BCUT2D eigenvalue weighted by Gasteiger charge is -2.45. The molecule has 1 aliphatic rings. The lowest BCUT2D eigenvalue weighted by atomic mass is 9.92. The van der Waals surface area contributed by atoms with E-state index < -0.39 is 31.7 Å². The average Bonchev–Trinajstić information content (AvgIpc) is 2.74. The molecule has 1 amide bonds. The third kappa shape index (κ3) is 6.51. The second kappa shape index (κ2) is 8.16. The Morgan fingerprint density at radius 1 is 1.31 bits per heavy atom. The van der Waals surface area contributed by atoms with Crippen LogP contribution in [0.15, 0.2) is 0 Å². The van der Waals surface area contributed by atoms with Crippen LogP contribution in [0, 0.1) is 0 Å². The highest BCUT2D eigenvalue weighted by atomic mass is 28.4. The predicted molar refractivity (Wildman–Crippen MR) is 106 cm³/mol. The Balaban J connectivity index is 2.73. The molecule has 1 rings (SSSR count). The molecule has 0 aromatic heterocycles. The molecule has 0 bridgehead atoms. The van der Waals surface area contributed by atoms with Crippen LogP contribution in [0.5, 0.6) is 0 Å². The van der Waals surface area contributed by atoms with Crippen molar-refractivity contribution < 1.29 is 23.8 Å². The molecule has 154 valence electrons. The minimum Gasteiger partial charge on any atom is -0.444 e. The molecule has 6 nitrogen and oxygen atoms in total. The molecule has 1 aliphatic heterocycles. The minimum absolute atomic E-state index is 0.0443. The van der Waals surface area contributed by atoms with E-state index in [2.05, 4.69) is 39.2 Å². The fourth-order valence-electron chi connectivity index (χ4n) is 2.68. The molecule has 0 aromatic carbocycles. The SMILES string of the molecule is CC(CC[C@@]1(O[Si](C)(C)C(C)(C)C)COCC1O)NC(=O)OC(C)(C)C. The Hall–Kier alpha value is -0.633. The maximum absolute atomic E-state index is 11.9. The molecular formula is C19H39NO5Si. The van der Waals surface area contributed by atoms with Gasteiger partial charge in [-0.2, -0.15) is 0 Å². The molecule has 3 atom stereocenters. The molecule has 0 saturated carbocycles. The van der Waals surface area contributed by atoms with Crippen molar-refractivity contribution in [1.82, 2.24) is 5.32 Å². The molecule has 0 aliphatic carbocycles. The number of amides is 1. The zero-order valence-electron chi connectivity index (χ0n) is 18.1. The van der Waals surface area contributed by atoms with Gasteiger partial charge in [-0.25, -0.2) is 4.79 Å². The molecule has 7 heteroatoms. The number of nitrogens with one attached hydrogen (secondary N) is 1. The second-order valence-electron chi connectivity index (χ2n) is 10.0. The van der Waals surface area contributed by atoms with Crippen molar-refractivity contribution in [1.29, 1.82) is 0 Å². The lowest BCUT2D eigenvalue weighted by molar-refractivity contribution is -0.0400. The van der Waals surface area contributed by atoms with Gasteiger partial charge < -0.3 is 24.3 Å². The Kier molecular flexibility index (Phi) is 7.35. The zero-order chi connectivity index (χ0) is 20.4. The fourth-order valence-corrected chi connectivity index (χ4v) is 4.30. The first-order valence-corrected chi connectivity index (χ1v) is 12.4. The quantitative estimate of drug-likeness (QED) is 0.675. The molecule has 2 unspecified atom stereocenters. The summed E-state index contributed by atoms with van der Waals surface area (Å²) in [6, 6.07) is -0.0856. The standard InChI is InChI=1S/C19H39NO5Si/c1-14(20-16(22)24-17(2,3)4)10-11-19(13-23-12-15(19)21)25-26(8,9)18(5,6)7/h14-15,21H,10-13H2,1-9H3,(H,20,22)/t14?,15?,19-/m1/s1. The third-order valence-electron chi connectivity index (χ3n) is 5.26. The van der Waals surface area contributed by atoms with Gasteiger partial charge in [-0.05, 0) is 58.7 Å². The fraction of sp³-hybridized carbons (Fsp3) is 0.947. The smallest absolute Gasteiger partial charge is 0.407 e. The van der Waals surface area contributed by atoms with Gasteiger partial charge in [-0.15, -0.1) is 0 Å². The van der Waals surface area contributed by atoms with E-state index in [1.54, 1.807) is 0 Å². The van der Waals surface area contributed by atoms with Gasteiger partial charge in [-0.3, -0.25) is 0 Å². The van der Waals surface area contributed by atoms with E-state index in [0.29, 0.717) is 26.1 Å². The minimum atomic E-state index is -2.07. The van der Waals surface area contributed by atoms with Gasteiger partial charge in [0.25, 0.3) is 0 Å². The van der Waals surface area contributed by atoms with E-state index in [4.69, 9.17) is 13.9 Å². The molecule has 0 aromatic rings. The van der Waals surface area contributed by atoms with Crippen molar-refractivity contribution >= 4 is 14.4 Å². The Morgan fingerprint density at radius 2 is 1.88 bits per heavy atom. The number of carbonyl (C=O) groups is 1. The first kappa shape index (κ1) is 23.4. The van der Waals surface area contributed by atoms with Crippen molar-refractivity contribution in [3.8, 4) is 0 Å². The van der Waals surface area contributed by atoms with Crippen molar-refractivity contribution in [3.05, 3.63) is 0 Å². The molecule has 0 radical (unpaired) electrons. The largest absolute Gasteiger partial charge is 0.444 e. The summed E-state index contributed by atoms with van der Waals surface area (Å²) in [5.41, 5.74) is -1.22. The number of hydrogen-bond acceptors (Lipinski definition) is 5. The highest BCUT2D eigenvalue weighted by Gasteiger charge is 2.51. The number of carbonyl (C=O) groups excluding carboxylic acids is 1. The van der Waals surface area contributed by atoms with E-state index in [1.807, 2.05) is 27.7 Å². The van der Waals surface area contributed by atoms with Crippen LogP contribution in [0.2, 0.25) is 18.1 Å². The van der Waals surface area contributed by atoms with Crippen molar-refractivity contribution in [2.24, 2.45) is 0 Å². The van der Waals surface area contributed by atoms with Crippen molar-refractivity contribution in [2.75, 3.05) is 13.2 Å². The van der Waals surface area contributed by atoms with Gasteiger partial charge in [0.1, 0.15) is 17.3 Å². The number of aliphatic hydroxyl groups is 1. The maximum atomic E-state index is 11.9. The second-order valence-corrected chi connectivity index (χ2v) is 14.8. The van der Waals surface area contributed by atoms with Crippen LogP contribution in [0.4, 0.5) is 4.79 Å². The predicted octanol–water partition coefficient (Wildman–Crippen LogP) is 3.83. The normalized spacial score (nSPS) is 25.8. The summed E-state index contributed by atoms with van der Waals surface area (Å²) in [5.74, 6) is 0. The van der Waals surface area contributed by atoms with E-state index >= 15 is 0 Å². The van der Waals surface area contributed by atoms with Crippen molar-refractivity contribution in [2.45, 2.75) is 103 Å². The summed E-state index contributed by atoms with van der Waals surface area (Å²) in [6.45, 7) is 19.0. The molecule has 26 heavy (non-hydrogen) atoms. The van der Waals surface area contributed by atoms with Gasteiger partial charge in [0.15, 0.2) is 8.32 Å². The monoisotopic (exact) mass is 389 g/mol. The number of rotatable bonds is 6. The zero-order valence-corrected chi connectivity index (χ0v) is 19.1. The number of alkyl carbamates (subject to hydrolysis) is 1. The van der Waals surface area contributed by atoms with Crippen molar-refractivity contribution in [3.63, 3.8) is 0 Å². The van der Waals surface area contributed by atoms with Crippen LogP contribution in [0.3, 0.4) is 0 Å². The molecular weight excluding hydrogens is 350 g/mol. The molecule has 2 N–H and O–H groups in total. The van der Waals surface area contributed by atoms with Crippen LogP contribution in [0.25, 0.3) is 0 Å². The first-order valence-electron chi connectivity index (χ1n) is 9.53. The summed E-state index contributed by atoms with van der Waals surface area (Å²) < 4.78 is 17.5. The Morgan fingerprint density at radius 3 is 2.31 bits per heavy atom. The van der Waals surface area contributed by atoms with Gasteiger partial charge in [-0.1, -0.05) is 20.8 Å². The van der Waals surface area contributed by atoms with Gasteiger partial charge in [0.2, 0.25) is 0 Å². The molecule has 1 saturated heterocycles. The third-order valence-corrected chi connectivity index (χ3v) is 9.79. The maximum Gasteiger partial charge on any atom is 0.407 e. The van der Waals surface area contributed by atoms with Crippen LogP contribution in [0.1, 0.15) is 61.3 Å². The summed E-state index contributed by atoms with van der Waals surface area (Å²) >= 11 is 0. The van der Waals surface area contributed by atoms with E-state index in [1.165, 1.54) is 0 Å². The van der Waals surface area contributed by atoms with Crippen LogP contribution in [-0.2, 0) is 13.9 Å². The number of ether oxygens (including phenoxy) is 2. The van der Waals surface area contributed by atoms with Gasteiger partial charge in [0, 0.05) is 6.04 Å². The lowest BCUT2D eigenvalue weighted by Crippen LogP contribution is -2.55.